The van der Waals surface area contributed by atoms with Crippen molar-refractivity contribution < 1.29 is 9.53 Å². The topological polar surface area (TPSA) is 60.4 Å². The van der Waals surface area contributed by atoms with Gasteiger partial charge in [-0.15, -0.1) is 24.0 Å². The summed E-state index contributed by atoms with van der Waals surface area (Å²) in [4.78, 5) is 23.6. The maximum absolute atomic E-state index is 12.4. The number of carbonyl (C=O) groups is 1. The van der Waals surface area contributed by atoms with E-state index in [4.69, 9.17) is 9.73 Å². The molecule has 0 aromatic carbocycles. The molecule has 2 aliphatic rings. The molecule has 9 heteroatoms. The van der Waals surface area contributed by atoms with E-state index in [0.29, 0.717) is 25.0 Å². The van der Waals surface area contributed by atoms with Crippen LogP contribution in [0, 0.1) is 0 Å². The quantitative estimate of drug-likeness (QED) is 0.332. The summed E-state index contributed by atoms with van der Waals surface area (Å²) in [6.07, 6.45) is 2.12. The highest BCUT2D eigenvalue weighted by molar-refractivity contribution is 14.0. The van der Waals surface area contributed by atoms with Crippen molar-refractivity contribution >= 4 is 47.6 Å². The highest BCUT2D eigenvalue weighted by atomic mass is 127. The maximum atomic E-state index is 12.4. The van der Waals surface area contributed by atoms with Crippen molar-refractivity contribution in [1.82, 2.24) is 20.0 Å². The molecule has 2 rings (SSSR count). The Bertz CT molecular complexity index is 441. The highest BCUT2D eigenvalue weighted by Crippen LogP contribution is 2.07. The summed E-state index contributed by atoms with van der Waals surface area (Å²) in [6, 6.07) is 0. The van der Waals surface area contributed by atoms with Gasteiger partial charge in [0.05, 0.1) is 26.3 Å². The number of morpholine rings is 1. The first-order valence-electron chi connectivity index (χ1n) is 9.28. The molecule has 0 aliphatic carbocycles. The van der Waals surface area contributed by atoms with Crippen molar-refractivity contribution in [2.24, 2.45) is 4.99 Å². The molecule has 2 heterocycles. The number of hydrogen-bond donors (Lipinski definition) is 1. The zero-order valence-electron chi connectivity index (χ0n) is 16.3. The van der Waals surface area contributed by atoms with Gasteiger partial charge < -0.3 is 19.9 Å². The molecule has 1 N–H and O–H groups in total. The Hall–Kier alpha value is -0.260. The first-order chi connectivity index (χ1) is 12.1. The number of carbonyl (C=O) groups excluding carboxylic acids is 1. The summed E-state index contributed by atoms with van der Waals surface area (Å²) >= 11 is 1.84. The molecule has 0 aromatic heterocycles. The molecule has 0 spiro atoms. The number of ether oxygens (including phenoxy) is 1. The third-order valence-electron chi connectivity index (χ3n) is 4.63. The summed E-state index contributed by atoms with van der Waals surface area (Å²) in [7, 11) is 0. The van der Waals surface area contributed by atoms with Gasteiger partial charge in [0.25, 0.3) is 0 Å². The van der Waals surface area contributed by atoms with E-state index in [2.05, 4.69) is 35.2 Å². The minimum atomic E-state index is 0. The van der Waals surface area contributed by atoms with Gasteiger partial charge in [-0.3, -0.25) is 14.7 Å². The second-order valence-corrected chi connectivity index (χ2v) is 7.77. The Labute approximate surface area is 179 Å². The van der Waals surface area contributed by atoms with Crippen LogP contribution in [0.5, 0.6) is 0 Å². The number of hydrogen-bond acceptors (Lipinski definition) is 5. The highest BCUT2D eigenvalue weighted by Gasteiger charge is 2.24. The van der Waals surface area contributed by atoms with Crippen molar-refractivity contribution in [2.75, 3.05) is 78.4 Å². The first-order valence-corrected chi connectivity index (χ1v) is 10.6. The minimum absolute atomic E-state index is 0. The van der Waals surface area contributed by atoms with E-state index >= 15 is 0 Å². The maximum Gasteiger partial charge on any atom is 0.236 e. The molecular formula is C17H34IN5O2S. The van der Waals surface area contributed by atoms with E-state index < -0.39 is 0 Å². The molecule has 2 fully saturated rings. The van der Waals surface area contributed by atoms with Crippen molar-refractivity contribution in [3.63, 3.8) is 0 Å². The zero-order valence-corrected chi connectivity index (χ0v) is 19.4. The largest absolute Gasteiger partial charge is 0.378 e. The standard InChI is InChI=1S/C17H33N5O2S.HI/c1-4-18-17(19-13-15(2)25-3)22-7-5-20(6-8-22)14-16(23)21-9-11-24-12-10-21;/h15H,4-14H2,1-3H3,(H,18,19);1H. The van der Waals surface area contributed by atoms with E-state index in [0.717, 1.165) is 58.3 Å². The van der Waals surface area contributed by atoms with Gasteiger partial charge in [0.1, 0.15) is 0 Å². The van der Waals surface area contributed by atoms with Crippen molar-refractivity contribution in [2.45, 2.75) is 19.1 Å². The summed E-state index contributed by atoms with van der Waals surface area (Å²) in [5.74, 6) is 1.23. The molecule has 0 aromatic rings. The summed E-state index contributed by atoms with van der Waals surface area (Å²) in [6.45, 7) is 12.9. The molecule has 0 bridgehead atoms. The molecule has 152 valence electrons. The third-order valence-corrected chi connectivity index (χ3v) is 5.58. The van der Waals surface area contributed by atoms with Gasteiger partial charge >= 0.3 is 0 Å². The normalized spacial score (nSPS) is 20.5. The first kappa shape index (κ1) is 23.8. The Morgan fingerprint density at radius 3 is 2.38 bits per heavy atom. The third kappa shape index (κ3) is 7.77. The van der Waals surface area contributed by atoms with Crippen LogP contribution in [0.25, 0.3) is 0 Å². The van der Waals surface area contributed by atoms with Crippen molar-refractivity contribution in [3.8, 4) is 0 Å². The minimum Gasteiger partial charge on any atom is -0.378 e. The average molecular weight is 499 g/mol. The number of thioether (sulfide) groups is 1. The monoisotopic (exact) mass is 499 g/mol. The predicted molar refractivity (Wildman–Crippen MR) is 120 cm³/mol. The van der Waals surface area contributed by atoms with Crippen LogP contribution in [0.3, 0.4) is 0 Å². The van der Waals surface area contributed by atoms with E-state index in [1.165, 1.54) is 0 Å². The van der Waals surface area contributed by atoms with E-state index in [1.807, 2.05) is 16.7 Å². The number of amides is 1. The van der Waals surface area contributed by atoms with Crippen LogP contribution in [0.1, 0.15) is 13.8 Å². The number of rotatable bonds is 6. The number of halogens is 1. The molecule has 0 radical (unpaired) electrons. The smallest absolute Gasteiger partial charge is 0.236 e. The van der Waals surface area contributed by atoms with Gasteiger partial charge in [-0.05, 0) is 13.2 Å². The van der Waals surface area contributed by atoms with Gasteiger partial charge in [-0.25, -0.2) is 0 Å². The SMILES string of the molecule is CCNC(=NCC(C)SC)N1CCN(CC(=O)N2CCOCC2)CC1.I. The molecule has 1 amide bonds. The Morgan fingerprint density at radius 1 is 1.15 bits per heavy atom. The van der Waals surface area contributed by atoms with Crippen LogP contribution in [-0.2, 0) is 9.53 Å². The van der Waals surface area contributed by atoms with Gasteiger partial charge in [0.2, 0.25) is 5.91 Å². The Morgan fingerprint density at radius 2 is 1.81 bits per heavy atom. The van der Waals surface area contributed by atoms with Crippen molar-refractivity contribution in [1.29, 1.82) is 0 Å². The van der Waals surface area contributed by atoms with Crippen LogP contribution in [-0.4, -0.2) is 110 Å². The lowest BCUT2D eigenvalue weighted by molar-refractivity contribution is -0.136. The fraction of sp³-hybridized carbons (Fsp3) is 0.882. The fourth-order valence-corrected chi connectivity index (χ4v) is 3.16. The second kappa shape index (κ2) is 13.0. The Kier molecular flexibility index (Phi) is 11.9. The molecule has 1 unspecified atom stereocenters. The molecule has 2 aliphatic heterocycles. The second-order valence-electron chi connectivity index (χ2n) is 6.50. The van der Waals surface area contributed by atoms with E-state index in [1.54, 1.807) is 0 Å². The van der Waals surface area contributed by atoms with Crippen LogP contribution in [0.2, 0.25) is 0 Å². The molecule has 7 nitrogen and oxygen atoms in total. The van der Waals surface area contributed by atoms with Gasteiger partial charge in [0, 0.05) is 51.1 Å². The number of guanidine groups is 1. The lowest BCUT2D eigenvalue weighted by Crippen LogP contribution is -2.55. The molecule has 0 saturated carbocycles. The lowest BCUT2D eigenvalue weighted by atomic mass is 10.3. The molecule has 1 atom stereocenters. The number of aliphatic imine (C=N–C) groups is 1. The van der Waals surface area contributed by atoms with Crippen LogP contribution in [0.4, 0.5) is 0 Å². The molecule has 2 saturated heterocycles. The van der Waals surface area contributed by atoms with E-state index in [-0.39, 0.29) is 29.9 Å². The number of nitrogens with zero attached hydrogens (tertiary/aromatic N) is 4. The van der Waals surface area contributed by atoms with Gasteiger partial charge in [-0.2, -0.15) is 11.8 Å². The lowest BCUT2D eigenvalue weighted by Gasteiger charge is -2.37. The van der Waals surface area contributed by atoms with E-state index in [9.17, 15) is 4.79 Å². The predicted octanol–water partition coefficient (Wildman–Crippen LogP) is 0.798. The van der Waals surface area contributed by atoms with Crippen LogP contribution >= 0.6 is 35.7 Å². The van der Waals surface area contributed by atoms with Crippen LogP contribution in [0.15, 0.2) is 4.99 Å². The molecular weight excluding hydrogens is 465 g/mol. The summed E-state index contributed by atoms with van der Waals surface area (Å²) < 4.78 is 5.32. The van der Waals surface area contributed by atoms with Gasteiger partial charge in [0.15, 0.2) is 5.96 Å². The summed E-state index contributed by atoms with van der Waals surface area (Å²) in [5.41, 5.74) is 0. The molecule has 26 heavy (non-hydrogen) atoms. The fourth-order valence-electron chi connectivity index (χ4n) is 2.94. The van der Waals surface area contributed by atoms with Crippen molar-refractivity contribution in [3.05, 3.63) is 0 Å². The zero-order chi connectivity index (χ0) is 18.1. The number of piperazine rings is 1. The Balaban J connectivity index is 0.00000338. The van der Waals surface area contributed by atoms with Crippen LogP contribution < -0.4 is 5.32 Å². The summed E-state index contributed by atoms with van der Waals surface area (Å²) in [5, 5.41) is 3.93. The van der Waals surface area contributed by atoms with Gasteiger partial charge in [-0.1, -0.05) is 6.92 Å². The average Bonchev–Trinajstić information content (AvgIpc) is 2.66. The number of nitrogens with one attached hydrogen (secondary N) is 1.